The van der Waals surface area contributed by atoms with Crippen LogP contribution in [0, 0.1) is 15.9 Å². The highest BCUT2D eigenvalue weighted by Crippen LogP contribution is 2.20. The Morgan fingerprint density at radius 2 is 2.05 bits per heavy atom. The van der Waals surface area contributed by atoms with Crippen LogP contribution >= 0.6 is 0 Å². The van der Waals surface area contributed by atoms with E-state index in [4.69, 9.17) is 5.73 Å². The number of non-ortho nitro benzene ring substituents is 1. The summed E-state index contributed by atoms with van der Waals surface area (Å²) in [6.45, 7) is 0. The first-order chi connectivity index (χ1) is 9.45. The molecule has 3 N–H and O–H groups in total. The number of hydrogen-bond donors (Lipinski definition) is 2. The second-order valence-corrected chi connectivity index (χ2v) is 3.75. The van der Waals surface area contributed by atoms with Gasteiger partial charge in [-0.25, -0.2) is 4.39 Å². The van der Waals surface area contributed by atoms with E-state index in [9.17, 15) is 19.3 Å². The van der Waals surface area contributed by atoms with Crippen LogP contribution < -0.4 is 11.1 Å². The van der Waals surface area contributed by atoms with E-state index in [0.717, 1.165) is 18.2 Å². The lowest BCUT2D eigenvalue weighted by Gasteiger charge is -2.04. The molecule has 0 atom stereocenters. The van der Waals surface area contributed by atoms with Crippen molar-refractivity contribution in [2.75, 3.05) is 11.1 Å². The van der Waals surface area contributed by atoms with E-state index in [0.29, 0.717) is 0 Å². The number of carbonyl (C=O) groups is 1. The minimum Gasteiger partial charge on any atom is -0.382 e. The Balaban J connectivity index is 2.23. The number of carbonyl (C=O) groups excluding carboxylic acids is 1. The molecule has 1 aromatic heterocycles. The van der Waals surface area contributed by atoms with Gasteiger partial charge in [0.1, 0.15) is 11.6 Å². The summed E-state index contributed by atoms with van der Waals surface area (Å²) in [5.41, 5.74) is 4.75. The summed E-state index contributed by atoms with van der Waals surface area (Å²) in [5.74, 6) is -1.38. The Bertz CT molecular complexity index is 674. The van der Waals surface area contributed by atoms with Crippen LogP contribution in [0.1, 0.15) is 10.5 Å². The first-order valence-electron chi connectivity index (χ1n) is 5.31. The number of nitrogen functional groups attached to an aromatic ring is 1. The monoisotopic (exact) mass is 277 g/mol. The maximum atomic E-state index is 13.2. The van der Waals surface area contributed by atoms with Gasteiger partial charge in [0, 0.05) is 6.07 Å². The van der Waals surface area contributed by atoms with Crippen molar-refractivity contribution in [2.45, 2.75) is 0 Å². The number of benzene rings is 1. The van der Waals surface area contributed by atoms with Gasteiger partial charge in [-0.3, -0.25) is 14.9 Å². The zero-order valence-electron chi connectivity index (χ0n) is 9.91. The molecule has 0 aliphatic rings. The molecular formula is C11H8FN5O3. The van der Waals surface area contributed by atoms with E-state index in [2.05, 4.69) is 15.5 Å². The van der Waals surface area contributed by atoms with Crippen LogP contribution in [-0.2, 0) is 0 Å². The first kappa shape index (κ1) is 13.3. The standard InChI is InChI=1S/C11H8FN5O3/c12-6-3-7(5-8(4-6)17(19)20)14-11(18)9-1-2-10(13)16-15-9/h1-5H,(H2,13,16)(H,14,18). The third kappa shape index (κ3) is 3.02. The van der Waals surface area contributed by atoms with Crippen molar-refractivity contribution in [2.24, 2.45) is 0 Å². The van der Waals surface area contributed by atoms with Crippen LogP contribution in [0.15, 0.2) is 30.3 Å². The molecule has 0 saturated carbocycles. The summed E-state index contributed by atoms with van der Waals surface area (Å²) in [5, 5.41) is 19.9. The van der Waals surface area contributed by atoms with Crippen molar-refractivity contribution in [1.82, 2.24) is 10.2 Å². The Kier molecular flexibility index (Phi) is 3.51. The van der Waals surface area contributed by atoms with Crippen LogP contribution in [-0.4, -0.2) is 21.0 Å². The summed E-state index contributed by atoms with van der Waals surface area (Å²) in [4.78, 5) is 21.6. The number of rotatable bonds is 3. The zero-order valence-corrected chi connectivity index (χ0v) is 9.91. The fourth-order valence-electron chi connectivity index (χ4n) is 1.41. The van der Waals surface area contributed by atoms with E-state index in [-0.39, 0.29) is 17.2 Å². The van der Waals surface area contributed by atoms with Crippen LogP contribution in [0.25, 0.3) is 0 Å². The molecule has 1 aromatic carbocycles. The number of nitrogens with zero attached hydrogens (tertiary/aromatic N) is 3. The van der Waals surface area contributed by atoms with Gasteiger partial charge in [0.15, 0.2) is 5.69 Å². The molecule has 0 aliphatic heterocycles. The van der Waals surface area contributed by atoms with Gasteiger partial charge < -0.3 is 11.1 Å². The highest BCUT2D eigenvalue weighted by atomic mass is 19.1. The lowest BCUT2D eigenvalue weighted by atomic mass is 10.2. The van der Waals surface area contributed by atoms with Gasteiger partial charge in [-0.15, -0.1) is 10.2 Å². The van der Waals surface area contributed by atoms with Crippen molar-refractivity contribution in [3.8, 4) is 0 Å². The molecule has 2 rings (SSSR count). The third-order valence-corrected chi connectivity index (χ3v) is 2.27. The fourth-order valence-corrected chi connectivity index (χ4v) is 1.41. The quantitative estimate of drug-likeness (QED) is 0.644. The number of amides is 1. The lowest BCUT2D eigenvalue weighted by molar-refractivity contribution is -0.385. The zero-order chi connectivity index (χ0) is 14.7. The predicted octanol–water partition coefficient (Wildman–Crippen LogP) is 1.36. The first-order valence-corrected chi connectivity index (χ1v) is 5.31. The van der Waals surface area contributed by atoms with Gasteiger partial charge in [0.25, 0.3) is 11.6 Å². The molecule has 2 aromatic rings. The van der Waals surface area contributed by atoms with Gasteiger partial charge in [-0.1, -0.05) is 0 Å². The maximum absolute atomic E-state index is 13.2. The average molecular weight is 277 g/mol. The Morgan fingerprint density at radius 1 is 1.30 bits per heavy atom. The van der Waals surface area contributed by atoms with Crippen molar-refractivity contribution in [1.29, 1.82) is 0 Å². The molecule has 20 heavy (non-hydrogen) atoms. The smallest absolute Gasteiger partial charge is 0.276 e. The number of nitrogens with two attached hydrogens (primary N) is 1. The lowest BCUT2D eigenvalue weighted by Crippen LogP contribution is -2.15. The van der Waals surface area contributed by atoms with Crippen molar-refractivity contribution < 1.29 is 14.1 Å². The summed E-state index contributed by atoms with van der Waals surface area (Å²) in [6, 6.07) is 5.43. The van der Waals surface area contributed by atoms with Gasteiger partial charge in [-0.05, 0) is 18.2 Å². The number of aromatic nitrogens is 2. The van der Waals surface area contributed by atoms with Gasteiger partial charge in [-0.2, -0.15) is 0 Å². The average Bonchev–Trinajstić information content (AvgIpc) is 2.38. The van der Waals surface area contributed by atoms with E-state index < -0.39 is 22.3 Å². The number of nitro groups is 1. The van der Waals surface area contributed by atoms with Crippen molar-refractivity contribution >= 4 is 23.1 Å². The topological polar surface area (TPSA) is 124 Å². The van der Waals surface area contributed by atoms with Crippen molar-refractivity contribution in [3.63, 3.8) is 0 Å². The summed E-state index contributed by atoms with van der Waals surface area (Å²) < 4.78 is 13.2. The summed E-state index contributed by atoms with van der Waals surface area (Å²) in [7, 11) is 0. The second kappa shape index (κ2) is 5.26. The molecule has 0 spiro atoms. The van der Waals surface area contributed by atoms with Crippen LogP contribution in [0.3, 0.4) is 0 Å². The van der Waals surface area contributed by atoms with Crippen LogP contribution in [0.5, 0.6) is 0 Å². The van der Waals surface area contributed by atoms with Crippen LogP contribution in [0.4, 0.5) is 21.6 Å². The molecule has 0 unspecified atom stereocenters. The van der Waals surface area contributed by atoms with E-state index >= 15 is 0 Å². The molecule has 0 fully saturated rings. The molecular weight excluding hydrogens is 269 g/mol. The Hall–Kier alpha value is -3.10. The largest absolute Gasteiger partial charge is 0.382 e. The Morgan fingerprint density at radius 3 is 2.65 bits per heavy atom. The molecule has 8 nitrogen and oxygen atoms in total. The SMILES string of the molecule is Nc1ccc(C(=O)Nc2cc(F)cc([N+](=O)[O-])c2)nn1. The minimum atomic E-state index is -0.835. The number of nitrogens with one attached hydrogen (secondary N) is 1. The summed E-state index contributed by atoms with van der Waals surface area (Å²) in [6.07, 6.45) is 0. The van der Waals surface area contributed by atoms with E-state index in [1.165, 1.54) is 12.1 Å². The fraction of sp³-hybridized carbons (Fsp3) is 0. The molecule has 9 heteroatoms. The molecule has 0 radical (unpaired) electrons. The molecule has 102 valence electrons. The van der Waals surface area contributed by atoms with E-state index in [1.807, 2.05) is 0 Å². The molecule has 0 bridgehead atoms. The van der Waals surface area contributed by atoms with Crippen LogP contribution in [0.2, 0.25) is 0 Å². The van der Waals surface area contributed by atoms with E-state index in [1.54, 1.807) is 0 Å². The number of nitro benzene ring substituents is 1. The van der Waals surface area contributed by atoms with Crippen molar-refractivity contribution in [3.05, 3.63) is 52.0 Å². The number of hydrogen-bond acceptors (Lipinski definition) is 6. The van der Waals surface area contributed by atoms with Gasteiger partial charge >= 0.3 is 0 Å². The minimum absolute atomic E-state index is 0.0499. The maximum Gasteiger partial charge on any atom is 0.276 e. The Labute approximate surface area is 111 Å². The predicted molar refractivity (Wildman–Crippen MR) is 67.5 cm³/mol. The molecule has 0 aliphatic carbocycles. The molecule has 1 heterocycles. The van der Waals surface area contributed by atoms with Gasteiger partial charge in [0.2, 0.25) is 0 Å². The second-order valence-electron chi connectivity index (χ2n) is 3.75. The highest BCUT2D eigenvalue weighted by Gasteiger charge is 2.13. The molecule has 0 saturated heterocycles. The third-order valence-electron chi connectivity index (χ3n) is 2.27. The normalized spacial score (nSPS) is 10.1. The van der Waals surface area contributed by atoms with Gasteiger partial charge in [0.05, 0.1) is 16.7 Å². The number of halogens is 1. The summed E-state index contributed by atoms with van der Waals surface area (Å²) >= 11 is 0. The number of anilines is 2. The highest BCUT2D eigenvalue weighted by molar-refractivity contribution is 6.02. The molecule has 1 amide bonds.